The van der Waals surface area contributed by atoms with Crippen molar-refractivity contribution >= 4 is 5.97 Å². The van der Waals surface area contributed by atoms with Crippen molar-refractivity contribution in [2.24, 2.45) is 5.92 Å². The second-order valence-corrected chi connectivity index (χ2v) is 6.68. The van der Waals surface area contributed by atoms with E-state index >= 15 is 0 Å². The van der Waals surface area contributed by atoms with Crippen LogP contribution in [0, 0.1) is 5.92 Å². The number of rotatable bonds is 6. The Morgan fingerprint density at radius 3 is 2.56 bits per heavy atom. The normalized spacial score (nSPS) is 20.4. The van der Waals surface area contributed by atoms with Gasteiger partial charge in [0.1, 0.15) is 18.1 Å². The average molecular weight is 342 g/mol. The van der Waals surface area contributed by atoms with Crippen molar-refractivity contribution in [2.75, 3.05) is 6.61 Å². The highest BCUT2D eigenvalue weighted by molar-refractivity contribution is 5.77. The summed E-state index contributed by atoms with van der Waals surface area (Å²) in [5.41, 5.74) is -0.169. The van der Waals surface area contributed by atoms with E-state index in [4.69, 9.17) is 14.2 Å². The van der Waals surface area contributed by atoms with Crippen LogP contribution in [0.1, 0.15) is 19.4 Å². The molecule has 132 valence electrons. The van der Waals surface area contributed by atoms with Crippen molar-refractivity contribution in [2.45, 2.75) is 32.2 Å². The smallest absolute Gasteiger partial charge is 0.335 e. The molecule has 0 aliphatic carbocycles. The van der Waals surface area contributed by atoms with E-state index in [-0.39, 0.29) is 19.1 Å². The minimum absolute atomic E-state index is 0.171. The molecule has 5 heteroatoms. The number of carbonyl (C=O) groups excluding carboxylic acids is 1. The lowest BCUT2D eigenvalue weighted by Gasteiger charge is -2.27. The zero-order valence-corrected chi connectivity index (χ0v) is 14.3. The Morgan fingerprint density at radius 2 is 1.84 bits per heavy atom. The summed E-state index contributed by atoms with van der Waals surface area (Å²) in [5.74, 6) is 0.634. The summed E-state index contributed by atoms with van der Waals surface area (Å²) < 4.78 is 16.6. The van der Waals surface area contributed by atoms with Gasteiger partial charge < -0.3 is 19.3 Å². The number of hydrogen-bond acceptors (Lipinski definition) is 5. The number of carbonyl (C=O) groups is 1. The fraction of sp³-hybridized carbons (Fsp3) is 0.350. The molecular formula is C20H22O5. The molecule has 3 rings (SSSR count). The number of ether oxygens (including phenoxy) is 3. The average Bonchev–Trinajstić information content (AvgIpc) is 2.95. The van der Waals surface area contributed by atoms with Gasteiger partial charge in [0.25, 0.3) is 0 Å². The molecule has 5 nitrogen and oxygen atoms in total. The highest BCUT2D eigenvalue weighted by Crippen LogP contribution is 2.30. The van der Waals surface area contributed by atoms with Crippen molar-refractivity contribution in [3.05, 3.63) is 60.2 Å². The number of aliphatic hydroxyl groups is 1. The lowest BCUT2D eigenvalue weighted by atomic mass is 9.88. The molecule has 0 spiro atoms. The van der Waals surface area contributed by atoms with E-state index in [9.17, 15) is 9.90 Å². The summed E-state index contributed by atoms with van der Waals surface area (Å²) in [6.45, 7) is 3.72. The van der Waals surface area contributed by atoms with Gasteiger partial charge >= 0.3 is 5.97 Å². The number of cyclic esters (lactones) is 1. The molecule has 25 heavy (non-hydrogen) atoms. The van der Waals surface area contributed by atoms with Gasteiger partial charge in [0.05, 0.1) is 18.1 Å². The zero-order chi connectivity index (χ0) is 17.9. The second kappa shape index (κ2) is 7.25. The molecule has 1 saturated heterocycles. The van der Waals surface area contributed by atoms with Gasteiger partial charge in [-0.3, -0.25) is 0 Å². The van der Waals surface area contributed by atoms with Crippen LogP contribution in [0.2, 0.25) is 0 Å². The minimum Gasteiger partial charge on any atom is -0.463 e. The lowest BCUT2D eigenvalue weighted by molar-refractivity contribution is -0.150. The van der Waals surface area contributed by atoms with Gasteiger partial charge in [-0.2, -0.15) is 0 Å². The number of benzene rings is 2. The van der Waals surface area contributed by atoms with Crippen LogP contribution >= 0.6 is 0 Å². The van der Waals surface area contributed by atoms with E-state index in [1.165, 1.54) is 0 Å². The highest BCUT2D eigenvalue weighted by Gasteiger charge is 2.45. The van der Waals surface area contributed by atoms with E-state index < -0.39 is 17.7 Å². The molecule has 1 aliphatic rings. The van der Waals surface area contributed by atoms with Crippen LogP contribution in [0.4, 0.5) is 0 Å². The number of para-hydroxylation sites is 1. The Labute approximate surface area is 147 Å². The van der Waals surface area contributed by atoms with Gasteiger partial charge in [0.2, 0.25) is 0 Å². The molecule has 1 aliphatic heterocycles. The minimum atomic E-state index is -1.05. The fourth-order valence-corrected chi connectivity index (χ4v) is 2.77. The topological polar surface area (TPSA) is 65.0 Å². The van der Waals surface area contributed by atoms with Gasteiger partial charge in [-0.25, -0.2) is 4.79 Å². The maximum atomic E-state index is 11.9. The molecule has 1 heterocycles. The third-order valence-corrected chi connectivity index (χ3v) is 4.22. The molecule has 1 fully saturated rings. The lowest BCUT2D eigenvalue weighted by Crippen LogP contribution is -2.40. The quantitative estimate of drug-likeness (QED) is 0.816. The summed E-state index contributed by atoms with van der Waals surface area (Å²) in [7, 11) is 0. The van der Waals surface area contributed by atoms with E-state index in [0.29, 0.717) is 5.75 Å². The van der Waals surface area contributed by atoms with Crippen LogP contribution in [0.25, 0.3) is 0 Å². The first-order valence-corrected chi connectivity index (χ1v) is 8.26. The molecule has 2 aromatic rings. The Bertz CT molecular complexity index is 720. The maximum absolute atomic E-state index is 11.9. The summed E-state index contributed by atoms with van der Waals surface area (Å²) in [6, 6.07) is 17.0. The number of esters is 1. The van der Waals surface area contributed by atoms with E-state index in [1.807, 2.05) is 54.6 Å². The largest absolute Gasteiger partial charge is 0.463 e. The van der Waals surface area contributed by atoms with Gasteiger partial charge in [0, 0.05) is 0 Å². The molecular weight excluding hydrogens is 320 g/mol. The fourth-order valence-electron chi connectivity index (χ4n) is 2.77. The predicted octanol–water partition coefficient (Wildman–Crippen LogP) is 3.31. The van der Waals surface area contributed by atoms with Gasteiger partial charge in [-0.05, 0) is 43.7 Å². The van der Waals surface area contributed by atoms with Crippen LogP contribution in [0.3, 0.4) is 0 Å². The van der Waals surface area contributed by atoms with Crippen molar-refractivity contribution in [3.63, 3.8) is 0 Å². The van der Waals surface area contributed by atoms with E-state index in [0.717, 1.165) is 11.3 Å². The number of hydrogen-bond donors (Lipinski definition) is 1. The summed E-state index contributed by atoms with van der Waals surface area (Å²) in [5, 5.41) is 10.2. The second-order valence-electron chi connectivity index (χ2n) is 6.68. The monoisotopic (exact) mass is 342 g/mol. The SMILES string of the molecule is CC(C)(O)C1COC(=O)C1OCc1cccc(Oc2ccccc2)c1. The molecule has 2 unspecified atom stereocenters. The molecule has 0 amide bonds. The molecule has 0 aromatic heterocycles. The first kappa shape index (κ1) is 17.5. The third kappa shape index (κ3) is 4.38. The Kier molecular flexibility index (Phi) is 5.06. The summed E-state index contributed by atoms with van der Waals surface area (Å²) in [4.78, 5) is 11.9. The first-order chi connectivity index (χ1) is 11.9. The Balaban J connectivity index is 1.65. The van der Waals surface area contributed by atoms with Crippen LogP contribution in [-0.4, -0.2) is 29.4 Å². The first-order valence-electron chi connectivity index (χ1n) is 8.26. The molecule has 0 radical (unpaired) electrons. The molecule has 2 aromatic carbocycles. The third-order valence-electron chi connectivity index (χ3n) is 4.22. The highest BCUT2D eigenvalue weighted by atomic mass is 16.6. The van der Waals surface area contributed by atoms with Crippen LogP contribution in [-0.2, 0) is 20.9 Å². The molecule has 0 saturated carbocycles. The molecule has 2 atom stereocenters. The van der Waals surface area contributed by atoms with Gasteiger partial charge in [0.15, 0.2) is 6.10 Å². The predicted molar refractivity (Wildman–Crippen MR) is 92.3 cm³/mol. The standard InChI is InChI=1S/C20H22O5/c1-20(2,22)17-13-24-19(21)18(17)23-12-14-7-6-10-16(11-14)25-15-8-4-3-5-9-15/h3-11,17-18,22H,12-13H2,1-2H3. The Morgan fingerprint density at radius 1 is 1.12 bits per heavy atom. The van der Waals surface area contributed by atoms with E-state index in [1.54, 1.807) is 13.8 Å². The molecule has 0 bridgehead atoms. The van der Waals surface area contributed by atoms with Crippen LogP contribution < -0.4 is 4.74 Å². The molecule has 1 N–H and O–H groups in total. The van der Waals surface area contributed by atoms with Gasteiger partial charge in [-0.1, -0.05) is 30.3 Å². The van der Waals surface area contributed by atoms with Crippen molar-refractivity contribution in [1.82, 2.24) is 0 Å². The van der Waals surface area contributed by atoms with E-state index in [2.05, 4.69) is 0 Å². The summed E-state index contributed by atoms with van der Waals surface area (Å²) in [6.07, 6.45) is -0.765. The van der Waals surface area contributed by atoms with Crippen molar-refractivity contribution in [1.29, 1.82) is 0 Å². The zero-order valence-electron chi connectivity index (χ0n) is 14.3. The van der Waals surface area contributed by atoms with Crippen molar-refractivity contribution < 1.29 is 24.1 Å². The summed E-state index contributed by atoms with van der Waals surface area (Å²) >= 11 is 0. The Hall–Kier alpha value is -2.37. The van der Waals surface area contributed by atoms with Crippen LogP contribution in [0.5, 0.6) is 11.5 Å². The maximum Gasteiger partial charge on any atom is 0.335 e. The van der Waals surface area contributed by atoms with Crippen molar-refractivity contribution in [3.8, 4) is 11.5 Å². The van der Waals surface area contributed by atoms with Gasteiger partial charge in [-0.15, -0.1) is 0 Å². The van der Waals surface area contributed by atoms with Crippen LogP contribution in [0.15, 0.2) is 54.6 Å².